The van der Waals surface area contributed by atoms with E-state index in [-0.39, 0.29) is 71.3 Å². The number of rotatable bonds is 9. The van der Waals surface area contributed by atoms with Crippen LogP contribution < -0.4 is 26.1 Å². The average Bonchev–Trinajstić information content (AvgIpc) is 3.55. The summed E-state index contributed by atoms with van der Waals surface area (Å²) in [7, 11) is 5.14. The largest absolute Gasteiger partial charge is 0.390 e. The molecule has 3 amide bonds. The topological polar surface area (TPSA) is 173 Å². The summed E-state index contributed by atoms with van der Waals surface area (Å²) in [6.45, 7) is 3.97. The number of aliphatic hydroxyl groups is 1. The van der Waals surface area contributed by atoms with Crippen molar-refractivity contribution in [1.82, 2.24) is 34.2 Å². The van der Waals surface area contributed by atoms with Gasteiger partial charge in [-0.2, -0.15) is 10.1 Å². The molecule has 17 heteroatoms. The number of fused-ring (bicyclic) bond motifs is 2. The lowest BCUT2D eigenvalue weighted by molar-refractivity contribution is -0.134. The summed E-state index contributed by atoms with van der Waals surface area (Å²) in [5.41, 5.74) is 1.68. The number of aromatic nitrogens is 6. The first-order valence-corrected chi connectivity index (χ1v) is 17.7. The first kappa shape index (κ1) is 36.0. The first-order valence-electron chi connectivity index (χ1n) is 17.3. The van der Waals surface area contributed by atoms with E-state index >= 15 is 4.39 Å². The number of nitrogens with one attached hydrogen (secondary N) is 2. The highest BCUT2D eigenvalue weighted by Crippen LogP contribution is 2.34. The molecule has 2 aliphatic rings. The molecule has 5 aromatic rings. The van der Waals surface area contributed by atoms with Crippen molar-refractivity contribution in [3.63, 3.8) is 0 Å². The number of imidazole rings is 1. The number of benzene rings is 2. The van der Waals surface area contributed by atoms with Crippen LogP contribution in [0.15, 0.2) is 41.3 Å². The Morgan fingerprint density at radius 3 is 2.58 bits per heavy atom. The Balaban J connectivity index is 1.07. The number of piperidine rings is 2. The van der Waals surface area contributed by atoms with Crippen molar-refractivity contribution in [3.8, 4) is 0 Å². The van der Waals surface area contributed by atoms with Gasteiger partial charge in [0.15, 0.2) is 5.82 Å². The van der Waals surface area contributed by atoms with E-state index in [1.807, 2.05) is 18.2 Å². The maximum Gasteiger partial charge on any atom is 0.328 e. The molecule has 3 N–H and O–H groups in total. The molecule has 0 saturated carbocycles. The number of amides is 3. The summed E-state index contributed by atoms with van der Waals surface area (Å²) in [5, 5.41) is 21.1. The number of hydrogen-bond donors (Lipinski definition) is 3. The van der Waals surface area contributed by atoms with E-state index in [9.17, 15) is 24.3 Å². The Labute approximate surface area is 308 Å². The minimum atomic E-state index is -1.000. The van der Waals surface area contributed by atoms with E-state index in [1.54, 1.807) is 49.5 Å². The van der Waals surface area contributed by atoms with Crippen LogP contribution in [0.25, 0.3) is 21.9 Å². The molecule has 0 spiro atoms. The lowest BCUT2D eigenvalue weighted by atomic mass is 9.92. The van der Waals surface area contributed by atoms with Crippen LogP contribution in [0.1, 0.15) is 57.6 Å². The fourth-order valence-corrected chi connectivity index (χ4v) is 7.24. The first-order chi connectivity index (χ1) is 25.1. The average molecular weight is 747 g/mol. The molecule has 5 heterocycles. The van der Waals surface area contributed by atoms with Gasteiger partial charge in [0.2, 0.25) is 23.7 Å². The number of carbonyl (C=O) groups is 3. The predicted octanol–water partition coefficient (Wildman–Crippen LogP) is 3.87. The maximum atomic E-state index is 15.4. The fourth-order valence-electron chi connectivity index (χ4n) is 7.10. The van der Waals surface area contributed by atoms with Gasteiger partial charge < -0.3 is 20.2 Å². The lowest BCUT2D eigenvalue weighted by Gasteiger charge is -2.36. The van der Waals surface area contributed by atoms with Crippen molar-refractivity contribution in [3.05, 3.63) is 63.5 Å². The third-order valence-corrected chi connectivity index (χ3v) is 10.4. The van der Waals surface area contributed by atoms with Gasteiger partial charge in [0, 0.05) is 70.3 Å². The van der Waals surface area contributed by atoms with Crippen LogP contribution in [-0.4, -0.2) is 76.9 Å². The molecule has 0 aliphatic carbocycles. The van der Waals surface area contributed by atoms with Gasteiger partial charge >= 0.3 is 5.69 Å². The van der Waals surface area contributed by atoms with Gasteiger partial charge in [-0.25, -0.2) is 14.2 Å². The van der Waals surface area contributed by atoms with Crippen LogP contribution in [-0.2, 0) is 35.0 Å². The van der Waals surface area contributed by atoms with Crippen molar-refractivity contribution in [2.45, 2.75) is 70.1 Å². The van der Waals surface area contributed by atoms with Crippen LogP contribution >= 0.6 is 11.6 Å². The number of nitrogens with zero attached hydrogens (tertiary/aromatic N) is 8. The van der Waals surface area contributed by atoms with Gasteiger partial charge in [-0.15, -0.1) is 0 Å². The molecule has 0 radical (unpaired) electrons. The third kappa shape index (κ3) is 6.83. The number of anilines is 4. The third-order valence-electron chi connectivity index (χ3n) is 10.2. The summed E-state index contributed by atoms with van der Waals surface area (Å²) in [6.07, 6.45) is 3.14. The van der Waals surface area contributed by atoms with E-state index in [2.05, 4.69) is 25.7 Å². The molecule has 2 aromatic carbocycles. The van der Waals surface area contributed by atoms with Gasteiger partial charge in [-0.3, -0.25) is 33.5 Å². The standard InChI is InChI=1S/C36H40ClFN10O5/c1-36(2,53)11-13-48-28-17-25(24(38)16-27(28)45(4)35(48)52)40-32-23(37)18-39-34(42-32)44(3)19-10-12-47(30(50)15-19)20-6-7-21-26(14-20)46(5)43-31(21)22-8-9-29(49)41-33(22)51/h6-7,14,16-19,22,53H,8-13,15H2,1-5H3,(H,39,40,42)(H,41,49,51)/t19-,22?/m1/s1. The van der Waals surface area contributed by atoms with Crippen LogP contribution in [0.4, 0.5) is 27.5 Å². The maximum absolute atomic E-state index is 15.4. The normalized spacial score (nSPS) is 18.3. The summed E-state index contributed by atoms with van der Waals surface area (Å²) in [4.78, 5) is 63.3. The smallest absolute Gasteiger partial charge is 0.328 e. The van der Waals surface area contributed by atoms with Crippen molar-refractivity contribution < 1.29 is 23.9 Å². The van der Waals surface area contributed by atoms with Gasteiger partial charge in [-0.1, -0.05) is 11.6 Å². The number of halogens is 2. The number of imide groups is 1. The molecule has 53 heavy (non-hydrogen) atoms. The number of hydrogen-bond acceptors (Lipinski definition) is 10. The highest BCUT2D eigenvalue weighted by atomic mass is 35.5. The molecular formula is C36H40ClFN10O5. The fraction of sp³-hybridized carbons (Fsp3) is 0.417. The quantitative estimate of drug-likeness (QED) is 0.188. The summed E-state index contributed by atoms with van der Waals surface area (Å²) >= 11 is 6.47. The zero-order valence-corrected chi connectivity index (χ0v) is 30.7. The molecule has 7 rings (SSSR count). The second-order valence-electron chi connectivity index (χ2n) is 14.4. The highest BCUT2D eigenvalue weighted by molar-refractivity contribution is 6.33. The van der Waals surface area contributed by atoms with Gasteiger partial charge in [0.1, 0.15) is 10.8 Å². The van der Waals surface area contributed by atoms with Crippen LogP contribution in [0.5, 0.6) is 0 Å². The Bertz CT molecular complexity index is 2360. The van der Waals surface area contributed by atoms with Crippen molar-refractivity contribution in [1.29, 1.82) is 0 Å². The lowest BCUT2D eigenvalue weighted by Crippen LogP contribution is -2.47. The minimum absolute atomic E-state index is 0.0485. The molecule has 3 aromatic heterocycles. The summed E-state index contributed by atoms with van der Waals surface area (Å²) in [5.74, 6) is -1.45. The SMILES string of the molecule is CN(c1ncc(Cl)c(Nc2cc3c(cc2F)n(C)c(=O)n3CCC(C)(C)O)n1)[C@@H]1CCN(c2ccc3c(C4CCC(=O)NC4=O)nn(C)c3c2)C(=O)C1. The molecule has 2 atom stereocenters. The van der Waals surface area contributed by atoms with Crippen molar-refractivity contribution in [2.24, 2.45) is 14.1 Å². The molecular weight excluding hydrogens is 707 g/mol. The summed E-state index contributed by atoms with van der Waals surface area (Å²) < 4.78 is 20.0. The van der Waals surface area contributed by atoms with E-state index in [1.165, 1.54) is 27.5 Å². The van der Waals surface area contributed by atoms with E-state index in [0.717, 1.165) is 10.9 Å². The van der Waals surface area contributed by atoms with Crippen LogP contribution in [0.2, 0.25) is 5.02 Å². The zero-order valence-electron chi connectivity index (χ0n) is 30.0. The molecule has 1 unspecified atom stereocenters. The van der Waals surface area contributed by atoms with Gasteiger partial charge in [0.05, 0.1) is 45.6 Å². The predicted molar refractivity (Wildman–Crippen MR) is 198 cm³/mol. The van der Waals surface area contributed by atoms with Crippen LogP contribution in [0.3, 0.4) is 0 Å². The Morgan fingerprint density at radius 1 is 1.09 bits per heavy atom. The minimum Gasteiger partial charge on any atom is -0.390 e. The van der Waals surface area contributed by atoms with Crippen molar-refractivity contribution in [2.75, 3.05) is 28.7 Å². The molecule has 278 valence electrons. The molecule has 2 saturated heterocycles. The molecule has 2 aliphatic heterocycles. The van der Waals surface area contributed by atoms with E-state index in [0.29, 0.717) is 48.2 Å². The Hall–Kier alpha value is -5.35. The molecule has 15 nitrogen and oxygen atoms in total. The zero-order chi connectivity index (χ0) is 37.9. The Morgan fingerprint density at radius 2 is 1.87 bits per heavy atom. The monoisotopic (exact) mass is 746 g/mol. The molecule has 0 bridgehead atoms. The van der Waals surface area contributed by atoms with Crippen molar-refractivity contribution >= 4 is 74.4 Å². The van der Waals surface area contributed by atoms with Gasteiger partial charge in [-0.05, 0) is 57.4 Å². The van der Waals surface area contributed by atoms with E-state index in [4.69, 9.17) is 11.6 Å². The Kier molecular flexibility index (Phi) is 9.22. The summed E-state index contributed by atoms with van der Waals surface area (Å²) in [6, 6.07) is 8.15. The van der Waals surface area contributed by atoms with Gasteiger partial charge in [0.25, 0.3) is 0 Å². The number of carbonyl (C=O) groups excluding carboxylic acids is 3. The van der Waals surface area contributed by atoms with Crippen LogP contribution in [0, 0.1) is 5.82 Å². The second kappa shape index (κ2) is 13.6. The number of aryl methyl sites for hydroxylation is 3. The second-order valence-corrected chi connectivity index (χ2v) is 14.8. The molecule has 2 fully saturated rings. The van der Waals surface area contributed by atoms with E-state index < -0.39 is 17.3 Å². The highest BCUT2D eigenvalue weighted by Gasteiger charge is 2.34.